The fourth-order valence-electron chi connectivity index (χ4n) is 5.69. The van der Waals surface area contributed by atoms with Gasteiger partial charge >= 0.3 is 0 Å². The molecule has 0 saturated heterocycles. The van der Waals surface area contributed by atoms with Crippen LogP contribution in [0.5, 0.6) is 0 Å². The summed E-state index contributed by atoms with van der Waals surface area (Å²) in [6.07, 6.45) is 7.45. The lowest BCUT2D eigenvalue weighted by molar-refractivity contribution is -0.119. The smallest absolute Gasteiger partial charge is 0.159 e. The van der Waals surface area contributed by atoms with Crippen LogP contribution in [0.1, 0.15) is 44.1 Å². The highest BCUT2D eigenvalue weighted by molar-refractivity contribution is 5.20. The van der Waals surface area contributed by atoms with Crippen molar-refractivity contribution in [2.45, 2.75) is 51.0 Å². The van der Waals surface area contributed by atoms with Gasteiger partial charge in [0.05, 0.1) is 6.10 Å². The molecule has 0 spiro atoms. The molecule has 0 heterocycles. The van der Waals surface area contributed by atoms with E-state index < -0.39 is 17.7 Å². The number of halogens is 2. The first-order valence-corrected chi connectivity index (χ1v) is 8.16. The normalized spacial score (nSPS) is 38.7. The zero-order valence-corrected chi connectivity index (χ0v) is 12.2. The summed E-state index contributed by atoms with van der Waals surface area (Å²) >= 11 is 0. The van der Waals surface area contributed by atoms with E-state index in [1.807, 2.05) is 0 Å². The molecule has 0 aliphatic heterocycles. The second kappa shape index (κ2) is 4.77. The maximum Gasteiger partial charge on any atom is 0.159 e. The van der Waals surface area contributed by atoms with Crippen LogP contribution < -0.4 is 0 Å². The van der Waals surface area contributed by atoms with E-state index in [2.05, 4.69) is 0 Å². The number of aliphatic hydroxyl groups excluding tert-OH is 1. The molecule has 3 heteroatoms. The van der Waals surface area contributed by atoms with Gasteiger partial charge in [-0.3, -0.25) is 0 Å². The molecule has 1 nitrogen and oxygen atoms in total. The minimum absolute atomic E-state index is 0.0413. The first kappa shape index (κ1) is 13.7. The van der Waals surface area contributed by atoms with Gasteiger partial charge in [0.15, 0.2) is 11.6 Å². The molecule has 1 aromatic rings. The minimum atomic E-state index is -0.817. The van der Waals surface area contributed by atoms with E-state index in [-0.39, 0.29) is 5.41 Å². The second-order valence-electron chi connectivity index (χ2n) is 7.75. The van der Waals surface area contributed by atoms with Crippen LogP contribution in [0.15, 0.2) is 18.2 Å². The first-order chi connectivity index (χ1) is 10.0. The number of benzene rings is 1. The van der Waals surface area contributed by atoms with Crippen molar-refractivity contribution in [3.63, 3.8) is 0 Å². The van der Waals surface area contributed by atoms with E-state index in [9.17, 15) is 13.9 Å². The summed E-state index contributed by atoms with van der Waals surface area (Å²) in [5.74, 6) is 0.732. The quantitative estimate of drug-likeness (QED) is 0.890. The summed E-state index contributed by atoms with van der Waals surface area (Å²) in [6.45, 7) is 0. The summed E-state index contributed by atoms with van der Waals surface area (Å²) in [5, 5.41) is 10.8. The fraction of sp³-hybridized carbons (Fsp3) is 0.667. The van der Waals surface area contributed by atoms with Crippen molar-refractivity contribution >= 4 is 0 Å². The molecule has 4 fully saturated rings. The highest BCUT2D eigenvalue weighted by atomic mass is 19.2. The third-order valence-corrected chi connectivity index (χ3v) is 6.21. The monoisotopic (exact) mass is 292 g/mol. The molecule has 4 aliphatic rings. The Morgan fingerprint density at radius 2 is 1.57 bits per heavy atom. The van der Waals surface area contributed by atoms with Gasteiger partial charge in [-0.1, -0.05) is 6.07 Å². The number of hydrogen-bond donors (Lipinski definition) is 1. The molecule has 1 N–H and O–H groups in total. The van der Waals surface area contributed by atoms with Gasteiger partial charge in [0.2, 0.25) is 0 Å². The van der Waals surface area contributed by atoms with Crippen molar-refractivity contribution in [2.75, 3.05) is 0 Å². The SMILES string of the molecule is OC(Cc1ccc(F)c(F)c1)C12CC3CC(CC(C3)C1)C2. The average molecular weight is 292 g/mol. The van der Waals surface area contributed by atoms with E-state index in [0.29, 0.717) is 12.0 Å². The van der Waals surface area contributed by atoms with Crippen LogP contribution in [0, 0.1) is 34.8 Å². The fourth-order valence-corrected chi connectivity index (χ4v) is 5.69. The van der Waals surface area contributed by atoms with E-state index in [4.69, 9.17) is 0 Å². The Morgan fingerprint density at radius 3 is 2.10 bits per heavy atom. The average Bonchev–Trinajstić information content (AvgIpc) is 2.41. The zero-order valence-electron chi connectivity index (χ0n) is 12.2. The summed E-state index contributed by atoms with van der Waals surface area (Å²) in [7, 11) is 0. The molecule has 1 atom stereocenters. The molecular weight excluding hydrogens is 270 g/mol. The Morgan fingerprint density at radius 1 is 1.00 bits per heavy atom. The predicted octanol–water partition coefficient (Wildman–Crippen LogP) is 4.08. The summed E-state index contributed by atoms with van der Waals surface area (Å²) in [5.41, 5.74) is 0.747. The Hall–Kier alpha value is -0.960. The van der Waals surface area contributed by atoms with Gasteiger partial charge in [0, 0.05) is 0 Å². The van der Waals surface area contributed by atoms with Crippen LogP contribution in [-0.4, -0.2) is 11.2 Å². The Labute approximate surface area is 124 Å². The maximum absolute atomic E-state index is 13.3. The lowest BCUT2D eigenvalue weighted by atomic mass is 9.48. The van der Waals surface area contributed by atoms with Crippen LogP contribution in [-0.2, 0) is 6.42 Å². The van der Waals surface area contributed by atoms with Crippen molar-refractivity contribution < 1.29 is 13.9 Å². The molecule has 4 aliphatic carbocycles. The molecule has 0 amide bonds. The summed E-state index contributed by atoms with van der Waals surface area (Å²) < 4.78 is 26.3. The maximum atomic E-state index is 13.3. The molecule has 114 valence electrons. The van der Waals surface area contributed by atoms with E-state index in [0.717, 1.165) is 43.1 Å². The molecular formula is C18H22F2O. The lowest BCUT2D eigenvalue weighted by Gasteiger charge is -2.58. The minimum Gasteiger partial charge on any atom is -0.392 e. The predicted molar refractivity (Wildman–Crippen MR) is 76.7 cm³/mol. The van der Waals surface area contributed by atoms with Crippen molar-refractivity contribution in [1.29, 1.82) is 0 Å². The molecule has 4 saturated carbocycles. The Balaban J connectivity index is 1.54. The third-order valence-electron chi connectivity index (χ3n) is 6.21. The van der Waals surface area contributed by atoms with Crippen LogP contribution in [0.25, 0.3) is 0 Å². The lowest BCUT2D eigenvalue weighted by Crippen LogP contribution is -2.52. The van der Waals surface area contributed by atoms with Gasteiger partial charge in [-0.2, -0.15) is 0 Å². The highest BCUT2D eigenvalue weighted by Crippen LogP contribution is 2.61. The largest absolute Gasteiger partial charge is 0.392 e. The van der Waals surface area contributed by atoms with Gasteiger partial charge in [-0.15, -0.1) is 0 Å². The molecule has 1 unspecified atom stereocenters. The molecule has 0 radical (unpaired) electrons. The molecule has 4 bridgehead atoms. The van der Waals surface area contributed by atoms with Gasteiger partial charge in [-0.25, -0.2) is 8.78 Å². The van der Waals surface area contributed by atoms with Crippen molar-refractivity contribution in [3.05, 3.63) is 35.4 Å². The number of hydrogen-bond acceptors (Lipinski definition) is 1. The Bertz CT molecular complexity index is 519. The molecule has 21 heavy (non-hydrogen) atoms. The van der Waals surface area contributed by atoms with E-state index in [1.54, 1.807) is 6.07 Å². The third kappa shape index (κ3) is 2.30. The second-order valence-corrected chi connectivity index (χ2v) is 7.75. The topological polar surface area (TPSA) is 20.2 Å². The molecule has 0 aromatic heterocycles. The molecule has 5 rings (SSSR count). The van der Waals surface area contributed by atoms with Crippen molar-refractivity contribution in [1.82, 2.24) is 0 Å². The van der Waals surface area contributed by atoms with Gasteiger partial charge in [-0.05, 0) is 85.8 Å². The number of aliphatic hydroxyl groups is 1. The standard InChI is InChI=1S/C18H22F2O/c19-15-2-1-11(6-16(15)20)7-17(21)18-8-12-3-13(9-18)5-14(4-12)10-18/h1-2,6,12-14,17,21H,3-5,7-10H2. The van der Waals surface area contributed by atoms with Gasteiger partial charge < -0.3 is 5.11 Å². The van der Waals surface area contributed by atoms with Crippen molar-refractivity contribution in [2.24, 2.45) is 23.2 Å². The Kier molecular flexibility index (Phi) is 3.11. The number of rotatable bonds is 3. The zero-order chi connectivity index (χ0) is 14.6. The summed E-state index contributed by atoms with van der Waals surface area (Å²) in [6, 6.07) is 4.00. The van der Waals surface area contributed by atoms with Gasteiger partial charge in [0.25, 0.3) is 0 Å². The van der Waals surface area contributed by atoms with Gasteiger partial charge in [0.1, 0.15) is 0 Å². The summed E-state index contributed by atoms with van der Waals surface area (Å²) in [4.78, 5) is 0. The van der Waals surface area contributed by atoms with E-state index >= 15 is 0 Å². The van der Waals surface area contributed by atoms with Crippen LogP contribution >= 0.6 is 0 Å². The first-order valence-electron chi connectivity index (χ1n) is 8.16. The van der Waals surface area contributed by atoms with E-state index in [1.165, 1.54) is 25.3 Å². The van der Waals surface area contributed by atoms with Crippen LogP contribution in [0.3, 0.4) is 0 Å². The highest BCUT2D eigenvalue weighted by Gasteiger charge is 2.53. The van der Waals surface area contributed by atoms with Crippen LogP contribution in [0.4, 0.5) is 8.78 Å². The van der Waals surface area contributed by atoms with Crippen molar-refractivity contribution in [3.8, 4) is 0 Å². The molecule has 1 aromatic carbocycles. The van der Waals surface area contributed by atoms with Crippen LogP contribution in [0.2, 0.25) is 0 Å².